The number of nitrogens with one attached hydrogen (secondary N) is 1. The average molecular weight is 199 g/mol. The molecule has 1 N–H and O–H groups in total. The van der Waals surface area contributed by atoms with Gasteiger partial charge < -0.3 is 5.32 Å². The normalized spacial score (nSPS) is 19.3. The smallest absolute Gasteiger partial charge is 0.00176 e. The van der Waals surface area contributed by atoms with Crippen LogP contribution >= 0.6 is 0 Å². The number of hydrogen-bond acceptors (Lipinski definition) is 1. The first kappa shape index (κ1) is 14.0. The van der Waals surface area contributed by atoms with E-state index in [9.17, 15) is 0 Å². The van der Waals surface area contributed by atoms with E-state index in [4.69, 9.17) is 0 Å². The lowest BCUT2D eigenvalue weighted by Crippen LogP contribution is -2.51. The van der Waals surface area contributed by atoms with E-state index in [1.54, 1.807) is 0 Å². The Morgan fingerprint density at radius 3 is 1.93 bits per heavy atom. The Hall–Kier alpha value is -0.0400. The lowest BCUT2D eigenvalue weighted by Gasteiger charge is -2.40. The molecule has 0 aliphatic carbocycles. The van der Waals surface area contributed by atoms with Crippen molar-refractivity contribution in [3.8, 4) is 0 Å². The molecule has 0 radical (unpaired) electrons. The van der Waals surface area contributed by atoms with Gasteiger partial charge in [0.25, 0.3) is 0 Å². The zero-order valence-corrected chi connectivity index (χ0v) is 11.0. The number of rotatable bonds is 3. The molecule has 1 nitrogen and oxygen atoms in total. The summed E-state index contributed by atoms with van der Waals surface area (Å²) in [7, 11) is 0. The molecule has 1 heterocycles. The molecule has 1 aliphatic rings. The summed E-state index contributed by atoms with van der Waals surface area (Å²) in [6.45, 7) is 15.8. The maximum Gasteiger partial charge on any atom is 0.00176 e. The second-order valence-corrected chi connectivity index (χ2v) is 5.83. The Balaban J connectivity index is 0.000000791. The predicted octanol–water partition coefficient (Wildman–Crippen LogP) is 3.84. The van der Waals surface area contributed by atoms with Crippen LogP contribution < -0.4 is 5.32 Å². The third-order valence-corrected chi connectivity index (χ3v) is 2.81. The van der Waals surface area contributed by atoms with Crippen molar-refractivity contribution in [2.75, 3.05) is 13.1 Å². The molecule has 1 rings (SSSR count). The molecular weight excluding hydrogens is 170 g/mol. The molecule has 1 heteroatoms. The Bertz CT molecular complexity index is 140. The van der Waals surface area contributed by atoms with Gasteiger partial charge in [-0.05, 0) is 23.7 Å². The summed E-state index contributed by atoms with van der Waals surface area (Å²) >= 11 is 0. The van der Waals surface area contributed by atoms with Crippen molar-refractivity contribution in [2.45, 2.75) is 60.8 Å². The van der Waals surface area contributed by atoms with E-state index in [0.29, 0.717) is 10.8 Å². The van der Waals surface area contributed by atoms with Crippen LogP contribution in [-0.2, 0) is 0 Å². The van der Waals surface area contributed by atoms with E-state index in [2.05, 4.69) is 33.0 Å². The van der Waals surface area contributed by atoms with Crippen molar-refractivity contribution >= 4 is 0 Å². The Labute approximate surface area is 90.7 Å². The van der Waals surface area contributed by atoms with Crippen LogP contribution in [0.4, 0.5) is 0 Å². The summed E-state index contributed by atoms with van der Waals surface area (Å²) in [6, 6.07) is 0. The minimum absolute atomic E-state index is 0.521. The van der Waals surface area contributed by atoms with E-state index < -0.39 is 0 Å². The zero-order valence-electron chi connectivity index (χ0n) is 11.0. The Morgan fingerprint density at radius 2 is 1.64 bits per heavy atom. The molecule has 0 aromatic heterocycles. The molecule has 1 aliphatic heterocycles. The second-order valence-electron chi connectivity index (χ2n) is 5.83. The van der Waals surface area contributed by atoms with Crippen LogP contribution in [0.2, 0.25) is 0 Å². The van der Waals surface area contributed by atoms with Crippen molar-refractivity contribution in [3.63, 3.8) is 0 Å². The minimum Gasteiger partial charge on any atom is -0.316 e. The fraction of sp³-hybridized carbons (Fsp3) is 1.00. The van der Waals surface area contributed by atoms with Gasteiger partial charge in [0.1, 0.15) is 0 Å². The van der Waals surface area contributed by atoms with Crippen molar-refractivity contribution in [3.05, 3.63) is 0 Å². The first-order chi connectivity index (χ1) is 6.41. The van der Waals surface area contributed by atoms with Gasteiger partial charge in [0.2, 0.25) is 0 Å². The highest BCUT2D eigenvalue weighted by Crippen LogP contribution is 2.31. The first-order valence-electron chi connectivity index (χ1n) is 6.12. The molecule has 0 unspecified atom stereocenters. The largest absolute Gasteiger partial charge is 0.316 e. The number of hydrogen-bond donors (Lipinski definition) is 1. The monoisotopic (exact) mass is 199 g/mol. The van der Waals surface area contributed by atoms with Crippen molar-refractivity contribution < 1.29 is 0 Å². The molecule has 1 fully saturated rings. The van der Waals surface area contributed by atoms with Crippen LogP contribution in [0.5, 0.6) is 0 Å². The van der Waals surface area contributed by atoms with Gasteiger partial charge >= 0.3 is 0 Å². The van der Waals surface area contributed by atoms with Crippen LogP contribution in [0, 0.1) is 10.8 Å². The maximum atomic E-state index is 3.35. The van der Waals surface area contributed by atoms with Gasteiger partial charge in [-0.3, -0.25) is 0 Å². The van der Waals surface area contributed by atoms with Gasteiger partial charge in [0.05, 0.1) is 0 Å². The molecule has 0 bridgehead atoms. The highest BCUT2D eigenvalue weighted by atomic mass is 15.0. The minimum atomic E-state index is 0.521. The molecule has 0 spiro atoms. The van der Waals surface area contributed by atoms with E-state index in [1.807, 2.05) is 13.8 Å². The topological polar surface area (TPSA) is 12.0 Å². The lowest BCUT2D eigenvalue weighted by atomic mass is 9.77. The molecule has 1 saturated heterocycles. The molecule has 86 valence electrons. The summed E-state index contributed by atoms with van der Waals surface area (Å²) in [6.07, 6.45) is 4.15. The molecule has 0 saturated carbocycles. The molecular formula is C13H29N. The summed E-state index contributed by atoms with van der Waals surface area (Å²) in [5, 5.41) is 3.35. The summed E-state index contributed by atoms with van der Waals surface area (Å²) in [5.74, 6) is 0. The van der Waals surface area contributed by atoms with Crippen LogP contribution in [-0.4, -0.2) is 13.1 Å². The molecule has 0 aromatic rings. The maximum absolute atomic E-state index is 3.35. The fourth-order valence-electron chi connectivity index (χ4n) is 1.77. The van der Waals surface area contributed by atoms with Crippen LogP contribution in [0.3, 0.4) is 0 Å². The molecule has 0 atom stereocenters. The van der Waals surface area contributed by atoms with E-state index in [0.717, 1.165) is 0 Å². The van der Waals surface area contributed by atoms with Crippen molar-refractivity contribution in [1.82, 2.24) is 5.32 Å². The van der Waals surface area contributed by atoms with Gasteiger partial charge in [-0.15, -0.1) is 0 Å². The van der Waals surface area contributed by atoms with Gasteiger partial charge in [-0.1, -0.05) is 48.0 Å². The van der Waals surface area contributed by atoms with Gasteiger partial charge in [-0.25, -0.2) is 0 Å². The lowest BCUT2D eigenvalue weighted by molar-refractivity contribution is 0.166. The average Bonchev–Trinajstić information content (AvgIpc) is 2.03. The third kappa shape index (κ3) is 5.64. The summed E-state index contributed by atoms with van der Waals surface area (Å²) < 4.78 is 0. The second kappa shape index (κ2) is 5.75. The highest BCUT2D eigenvalue weighted by Gasteiger charge is 2.30. The zero-order chi connectivity index (χ0) is 11.2. The molecule has 0 amide bonds. The van der Waals surface area contributed by atoms with Crippen LogP contribution in [0.1, 0.15) is 60.8 Å². The molecule has 14 heavy (non-hydrogen) atoms. The first-order valence-corrected chi connectivity index (χ1v) is 6.12. The third-order valence-electron chi connectivity index (χ3n) is 2.81. The fourth-order valence-corrected chi connectivity index (χ4v) is 1.77. The van der Waals surface area contributed by atoms with E-state index in [-0.39, 0.29) is 0 Å². The standard InChI is InChI=1S/C11H23N.C2H6/c1-10(2,3)6-5-7-11(4)8-12-9-11;1-2/h12H,5-9H2,1-4H3;1-2H3. The predicted molar refractivity (Wildman–Crippen MR) is 65.6 cm³/mol. The quantitative estimate of drug-likeness (QED) is 0.728. The van der Waals surface area contributed by atoms with Crippen molar-refractivity contribution in [2.24, 2.45) is 10.8 Å². The van der Waals surface area contributed by atoms with Crippen LogP contribution in [0.25, 0.3) is 0 Å². The summed E-state index contributed by atoms with van der Waals surface area (Å²) in [5.41, 5.74) is 1.15. The highest BCUT2D eigenvalue weighted by molar-refractivity contribution is 4.88. The van der Waals surface area contributed by atoms with Gasteiger partial charge in [-0.2, -0.15) is 0 Å². The van der Waals surface area contributed by atoms with Gasteiger partial charge in [0.15, 0.2) is 0 Å². The van der Waals surface area contributed by atoms with Gasteiger partial charge in [0, 0.05) is 13.1 Å². The Kier molecular flexibility index (Phi) is 5.73. The van der Waals surface area contributed by atoms with Crippen molar-refractivity contribution in [1.29, 1.82) is 0 Å². The van der Waals surface area contributed by atoms with Crippen LogP contribution in [0.15, 0.2) is 0 Å². The molecule has 0 aromatic carbocycles. The Morgan fingerprint density at radius 1 is 1.14 bits per heavy atom. The summed E-state index contributed by atoms with van der Waals surface area (Å²) in [4.78, 5) is 0. The van der Waals surface area contributed by atoms with E-state index in [1.165, 1.54) is 32.4 Å². The SMILES string of the molecule is CC.CC(C)(C)CCCC1(C)CNC1. The van der Waals surface area contributed by atoms with E-state index >= 15 is 0 Å².